The van der Waals surface area contributed by atoms with Crippen LogP contribution in [0.2, 0.25) is 0 Å². The van der Waals surface area contributed by atoms with Crippen LogP contribution in [0, 0.1) is 0 Å². The number of amides is 1. The van der Waals surface area contributed by atoms with Crippen molar-refractivity contribution in [3.8, 4) is 0 Å². The summed E-state index contributed by atoms with van der Waals surface area (Å²) in [4.78, 5) is 36.5. The van der Waals surface area contributed by atoms with Gasteiger partial charge >= 0.3 is 11.9 Å². The number of esters is 2. The Morgan fingerprint density at radius 2 is 1.52 bits per heavy atom. The molecule has 1 amide bonds. The lowest BCUT2D eigenvalue weighted by Gasteiger charge is -2.21. The normalized spacial score (nSPS) is 9.70. The first-order chi connectivity index (χ1) is 10.5. The van der Waals surface area contributed by atoms with E-state index in [1.807, 2.05) is 0 Å². The minimum absolute atomic E-state index is 0. The Balaban J connectivity index is 0. The van der Waals surface area contributed by atoms with Gasteiger partial charge in [0.1, 0.15) is 6.54 Å². The summed E-state index contributed by atoms with van der Waals surface area (Å²) in [6.07, 6.45) is 2.86. The molecule has 2 N–H and O–H groups in total. The largest absolute Gasteiger partial charge is 0.466 e. The highest BCUT2D eigenvalue weighted by molar-refractivity contribution is 5.85. The third-order valence-electron chi connectivity index (χ3n) is 2.96. The van der Waals surface area contributed by atoms with Crippen LogP contribution in [-0.4, -0.2) is 55.6 Å². The Hall–Kier alpha value is -1.34. The number of hydrogen-bond acceptors (Lipinski definition) is 6. The number of hydrogen-bond donors (Lipinski definition) is 1. The van der Waals surface area contributed by atoms with Crippen LogP contribution in [0.25, 0.3) is 0 Å². The summed E-state index contributed by atoms with van der Waals surface area (Å²) >= 11 is 0. The van der Waals surface area contributed by atoms with Crippen molar-refractivity contribution in [1.82, 2.24) is 4.90 Å². The molecule has 8 heteroatoms. The summed E-state index contributed by atoms with van der Waals surface area (Å²) in [5.41, 5.74) is 5.41. The molecule has 0 aromatic heterocycles. The van der Waals surface area contributed by atoms with Gasteiger partial charge in [-0.05, 0) is 33.2 Å². The molecule has 0 heterocycles. The molecule has 0 saturated carbocycles. The third-order valence-corrected chi connectivity index (χ3v) is 2.96. The summed E-state index contributed by atoms with van der Waals surface area (Å²) in [7, 11) is 0. The zero-order chi connectivity index (χ0) is 16.8. The van der Waals surface area contributed by atoms with Gasteiger partial charge in [0.2, 0.25) is 5.91 Å². The van der Waals surface area contributed by atoms with Crippen molar-refractivity contribution in [2.45, 2.75) is 46.0 Å². The molecule has 0 aliphatic carbocycles. The van der Waals surface area contributed by atoms with Crippen LogP contribution in [0.5, 0.6) is 0 Å². The predicted octanol–water partition coefficient (Wildman–Crippen LogP) is 1.27. The van der Waals surface area contributed by atoms with Gasteiger partial charge in [-0.25, -0.2) is 0 Å². The van der Waals surface area contributed by atoms with E-state index in [9.17, 15) is 14.4 Å². The molecule has 0 atom stereocenters. The van der Waals surface area contributed by atoms with Crippen molar-refractivity contribution in [1.29, 1.82) is 0 Å². The Morgan fingerprint density at radius 3 is 2.09 bits per heavy atom. The predicted molar refractivity (Wildman–Crippen MR) is 89.2 cm³/mol. The fourth-order valence-electron chi connectivity index (χ4n) is 1.87. The topological polar surface area (TPSA) is 98.9 Å². The summed E-state index contributed by atoms with van der Waals surface area (Å²) < 4.78 is 9.68. The Bertz CT molecular complexity index is 353. The van der Waals surface area contributed by atoms with Gasteiger partial charge in [-0.15, -0.1) is 12.4 Å². The maximum Gasteiger partial charge on any atom is 0.325 e. The average Bonchev–Trinajstić information content (AvgIpc) is 2.48. The molecule has 0 unspecified atom stereocenters. The molecule has 0 fully saturated rings. The number of ether oxygens (including phenoxy) is 2. The standard InChI is InChI=1S/C15H28N2O5.ClH/c1-3-21-14(19)9-11-17(12-15(20)22-4-2)13(18)8-6-5-7-10-16;/h3-12,16H2,1-2H3;1H. The summed E-state index contributed by atoms with van der Waals surface area (Å²) in [5.74, 6) is -1.01. The average molecular weight is 353 g/mol. The minimum atomic E-state index is -0.471. The van der Waals surface area contributed by atoms with Crippen molar-refractivity contribution in [2.75, 3.05) is 32.8 Å². The Labute approximate surface area is 144 Å². The molecule has 0 saturated heterocycles. The van der Waals surface area contributed by atoms with Crippen LogP contribution in [-0.2, 0) is 23.9 Å². The molecule has 0 rings (SSSR count). The lowest BCUT2D eigenvalue weighted by Crippen LogP contribution is -2.38. The maximum absolute atomic E-state index is 12.2. The molecule has 0 aliphatic rings. The number of halogens is 1. The van der Waals surface area contributed by atoms with Crippen molar-refractivity contribution in [3.63, 3.8) is 0 Å². The first-order valence-corrected chi connectivity index (χ1v) is 7.84. The highest BCUT2D eigenvalue weighted by atomic mass is 35.5. The second-order valence-corrected chi connectivity index (χ2v) is 4.77. The zero-order valence-electron chi connectivity index (χ0n) is 14.0. The van der Waals surface area contributed by atoms with Crippen LogP contribution in [0.4, 0.5) is 0 Å². The number of carbonyl (C=O) groups excluding carboxylic acids is 3. The Morgan fingerprint density at radius 1 is 0.913 bits per heavy atom. The molecule has 136 valence electrons. The smallest absolute Gasteiger partial charge is 0.325 e. The van der Waals surface area contributed by atoms with E-state index < -0.39 is 5.97 Å². The second-order valence-electron chi connectivity index (χ2n) is 4.77. The number of rotatable bonds is 12. The molecule has 7 nitrogen and oxygen atoms in total. The van der Waals surface area contributed by atoms with Crippen molar-refractivity contribution in [3.05, 3.63) is 0 Å². The number of unbranched alkanes of at least 4 members (excludes halogenated alkanes) is 2. The van der Waals surface area contributed by atoms with Crippen LogP contribution >= 0.6 is 12.4 Å². The number of carbonyl (C=O) groups is 3. The van der Waals surface area contributed by atoms with E-state index >= 15 is 0 Å². The van der Waals surface area contributed by atoms with E-state index in [-0.39, 0.29) is 50.4 Å². The van der Waals surface area contributed by atoms with Gasteiger partial charge in [0.05, 0.1) is 19.6 Å². The quantitative estimate of drug-likeness (QED) is 0.419. The second kappa shape index (κ2) is 15.6. The first-order valence-electron chi connectivity index (χ1n) is 7.84. The van der Waals surface area contributed by atoms with E-state index in [1.165, 1.54) is 4.90 Å². The molecule has 0 aromatic rings. The fourth-order valence-corrected chi connectivity index (χ4v) is 1.87. The minimum Gasteiger partial charge on any atom is -0.466 e. The lowest BCUT2D eigenvalue weighted by atomic mass is 10.1. The van der Waals surface area contributed by atoms with Gasteiger partial charge < -0.3 is 20.1 Å². The van der Waals surface area contributed by atoms with Gasteiger partial charge in [0, 0.05) is 13.0 Å². The van der Waals surface area contributed by atoms with Gasteiger partial charge in [-0.1, -0.05) is 6.42 Å². The van der Waals surface area contributed by atoms with Gasteiger partial charge in [-0.3, -0.25) is 14.4 Å². The van der Waals surface area contributed by atoms with E-state index in [0.29, 0.717) is 19.6 Å². The molecule has 0 aliphatic heterocycles. The molecule has 0 aromatic carbocycles. The SMILES string of the molecule is CCOC(=O)CCN(CC(=O)OCC)C(=O)CCCCCN.Cl. The fraction of sp³-hybridized carbons (Fsp3) is 0.800. The van der Waals surface area contributed by atoms with Crippen LogP contribution < -0.4 is 5.73 Å². The monoisotopic (exact) mass is 352 g/mol. The number of nitrogens with two attached hydrogens (primary N) is 1. The van der Waals surface area contributed by atoms with Gasteiger partial charge in [-0.2, -0.15) is 0 Å². The molecular formula is C15H29ClN2O5. The van der Waals surface area contributed by atoms with Crippen molar-refractivity contribution < 1.29 is 23.9 Å². The summed E-state index contributed by atoms with van der Waals surface area (Å²) in [5, 5.41) is 0. The Kier molecular flexibility index (Phi) is 16.2. The van der Waals surface area contributed by atoms with Crippen molar-refractivity contribution in [2.24, 2.45) is 5.73 Å². The highest BCUT2D eigenvalue weighted by Crippen LogP contribution is 2.05. The maximum atomic E-state index is 12.2. The van der Waals surface area contributed by atoms with Crippen LogP contribution in [0.15, 0.2) is 0 Å². The molecule has 0 radical (unpaired) electrons. The van der Waals surface area contributed by atoms with Crippen LogP contribution in [0.3, 0.4) is 0 Å². The molecule has 0 spiro atoms. The molecule has 0 bridgehead atoms. The zero-order valence-corrected chi connectivity index (χ0v) is 14.9. The van der Waals surface area contributed by atoms with Gasteiger partial charge in [0.15, 0.2) is 0 Å². The van der Waals surface area contributed by atoms with E-state index in [4.69, 9.17) is 15.2 Å². The summed E-state index contributed by atoms with van der Waals surface area (Å²) in [6, 6.07) is 0. The third kappa shape index (κ3) is 12.9. The van der Waals surface area contributed by atoms with E-state index in [1.54, 1.807) is 13.8 Å². The van der Waals surface area contributed by atoms with E-state index in [0.717, 1.165) is 19.3 Å². The van der Waals surface area contributed by atoms with Gasteiger partial charge in [0.25, 0.3) is 0 Å². The summed E-state index contributed by atoms with van der Waals surface area (Å²) in [6.45, 7) is 4.60. The van der Waals surface area contributed by atoms with E-state index in [2.05, 4.69) is 0 Å². The lowest BCUT2D eigenvalue weighted by molar-refractivity contribution is -0.150. The van der Waals surface area contributed by atoms with Crippen molar-refractivity contribution >= 4 is 30.3 Å². The molecular weight excluding hydrogens is 324 g/mol. The molecule has 23 heavy (non-hydrogen) atoms. The number of nitrogens with zero attached hydrogens (tertiary/aromatic N) is 1. The van der Waals surface area contributed by atoms with Crippen LogP contribution in [0.1, 0.15) is 46.0 Å². The highest BCUT2D eigenvalue weighted by Gasteiger charge is 2.18. The first kappa shape index (κ1) is 23.9.